The summed E-state index contributed by atoms with van der Waals surface area (Å²) in [4.78, 5) is 13.7. The van der Waals surface area contributed by atoms with Crippen molar-refractivity contribution in [2.45, 2.75) is 19.8 Å². The van der Waals surface area contributed by atoms with Crippen molar-refractivity contribution < 1.29 is 13.6 Å². The van der Waals surface area contributed by atoms with Crippen LogP contribution in [0.15, 0.2) is 16.6 Å². The summed E-state index contributed by atoms with van der Waals surface area (Å²) in [6, 6.07) is 2.20. The van der Waals surface area contributed by atoms with E-state index in [0.717, 1.165) is 25.0 Å². The van der Waals surface area contributed by atoms with Crippen molar-refractivity contribution >= 4 is 37.8 Å². The SMILES string of the molecule is CCCCN(CCBr)C(=O)c1c(F)cc(Br)cc1F. The number of carbonyl (C=O) groups is 1. The Labute approximate surface area is 128 Å². The minimum atomic E-state index is -0.840. The van der Waals surface area contributed by atoms with Crippen LogP contribution in [-0.2, 0) is 0 Å². The second-order valence-corrected chi connectivity index (χ2v) is 5.79. The van der Waals surface area contributed by atoms with Gasteiger partial charge in [-0.15, -0.1) is 0 Å². The molecule has 0 saturated heterocycles. The quantitative estimate of drug-likeness (QED) is 0.651. The van der Waals surface area contributed by atoms with E-state index in [9.17, 15) is 13.6 Å². The average Bonchev–Trinajstić information content (AvgIpc) is 2.33. The van der Waals surface area contributed by atoms with E-state index in [0.29, 0.717) is 18.4 Å². The van der Waals surface area contributed by atoms with E-state index in [1.165, 1.54) is 4.90 Å². The van der Waals surface area contributed by atoms with E-state index in [2.05, 4.69) is 31.9 Å². The summed E-state index contributed by atoms with van der Waals surface area (Å²) in [7, 11) is 0. The fourth-order valence-electron chi connectivity index (χ4n) is 1.67. The third-order valence-electron chi connectivity index (χ3n) is 2.64. The van der Waals surface area contributed by atoms with Crippen LogP contribution in [0.4, 0.5) is 8.78 Å². The number of halogens is 4. The molecule has 0 unspecified atom stereocenters. The lowest BCUT2D eigenvalue weighted by atomic mass is 10.1. The first kappa shape index (κ1) is 16.6. The van der Waals surface area contributed by atoms with Crippen LogP contribution in [-0.4, -0.2) is 29.2 Å². The molecular formula is C13H15Br2F2NO. The van der Waals surface area contributed by atoms with Gasteiger partial charge in [-0.1, -0.05) is 45.2 Å². The van der Waals surface area contributed by atoms with Gasteiger partial charge in [-0.3, -0.25) is 4.79 Å². The smallest absolute Gasteiger partial charge is 0.259 e. The monoisotopic (exact) mass is 397 g/mol. The third-order valence-corrected chi connectivity index (χ3v) is 3.46. The van der Waals surface area contributed by atoms with Crippen LogP contribution in [0.3, 0.4) is 0 Å². The Kier molecular flexibility index (Phi) is 6.93. The number of nitrogens with zero attached hydrogens (tertiary/aromatic N) is 1. The molecule has 0 saturated carbocycles. The molecule has 1 aromatic carbocycles. The topological polar surface area (TPSA) is 20.3 Å². The largest absolute Gasteiger partial charge is 0.338 e. The summed E-state index contributed by atoms with van der Waals surface area (Å²) in [6.45, 7) is 2.92. The number of hydrogen-bond donors (Lipinski definition) is 0. The predicted molar refractivity (Wildman–Crippen MR) is 78.7 cm³/mol. The molecule has 0 spiro atoms. The van der Waals surface area contributed by atoms with Gasteiger partial charge in [0.25, 0.3) is 5.91 Å². The summed E-state index contributed by atoms with van der Waals surface area (Å²) in [5.41, 5.74) is -0.486. The molecule has 0 fully saturated rings. The Morgan fingerprint density at radius 1 is 1.26 bits per heavy atom. The van der Waals surface area contributed by atoms with Crippen molar-refractivity contribution in [1.29, 1.82) is 0 Å². The molecule has 6 heteroatoms. The fraction of sp³-hybridized carbons (Fsp3) is 0.462. The van der Waals surface area contributed by atoms with Crippen LogP contribution >= 0.6 is 31.9 Å². The van der Waals surface area contributed by atoms with Crippen molar-refractivity contribution in [2.75, 3.05) is 18.4 Å². The molecule has 1 rings (SSSR count). The lowest BCUT2D eigenvalue weighted by molar-refractivity contribution is 0.0754. The Balaban J connectivity index is 3.02. The number of alkyl halides is 1. The standard InChI is InChI=1S/C13H15Br2F2NO/c1-2-3-5-18(6-4-14)13(19)12-10(16)7-9(15)8-11(12)17/h7-8H,2-6H2,1H3. The summed E-state index contributed by atoms with van der Waals surface area (Å²) in [5, 5.41) is 0.572. The molecule has 0 atom stereocenters. The van der Waals surface area contributed by atoms with Crippen LogP contribution in [0.5, 0.6) is 0 Å². The summed E-state index contributed by atoms with van der Waals surface area (Å²) < 4.78 is 27.8. The molecule has 19 heavy (non-hydrogen) atoms. The van der Waals surface area contributed by atoms with Crippen molar-refractivity contribution in [3.63, 3.8) is 0 Å². The first-order valence-electron chi connectivity index (χ1n) is 6.01. The van der Waals surface area contributed by atoms with Gasteiger partial charge in [0.2, 0.25) is 0 Å². The maximum Gasteiger partial charge on any atom is 0.259 e. The zero-order valence-electron chi connectivity index (χ0n) is 10.6. The van der Waals surface area contributed by atoms with E-state index in [-0.39, 0.29) is 4.47 Å². The van der Waals surface area contributed by atoms with Gasteiger partial charge in [0.15, 0.2) is 0 Å². The first-order valence-corrected chi connectivity index (χ1v) is 7.92. The summed E-state index contributed by atoms with van der Waals surface area (Å²) >= 11 is 6.24. The maximum absolute atomic E-state index is 13.8. The number of hydrogen-bond acceptors (Lipinski definition) is 1. The van der Waals surface area contributed by atoms with E-state index in [4.69, 9.17) is 0 Å². The lowest BCUT2D eigenvalue weighted by Crippen LogP contribution is -2.34. The Hall–Kier alpha value is -0.490. The van der Waals surface area contributed by atoms with Crippen LogP contribution in [0.25, 0.3) is 0 Å². The third kappa shape index (κ3) is 4.53. The molecule has 0 aliphatic carbocycles. The number of amides is 1. The van der Waals surface area contributed by atoms with Crippen molar-refractivity contribution in [1.82, 2.24) is 4.90 Å². The van der Waals surface area contributed by atoms with E-state index in [1.54, 1.807) is 0 Å². The highest BCUT2D eigenvalue weighted by molar-refractivity contribution is 9.10. The molecule has 1 amide bonds. The van der Waals surface area contributed by atoms with Gasteiger partial charge in [0.05, 0.1) is 0 Å². The molecule has 2 nitrogen and oxygen atoms in total. The van der Waals surface area contributed by atoms with Gasteiger partial charge < -0.3 is 4.90 Å². The lowest BCUT2D eigenvalue weighted by Gasteiger charge is -2.22. The van der Waals surface area contributed by atoms with Gasteiger partial charge in [-0.2, -0.15) is 0 Å². The van der Waals surface area contributed by atoms with Crippen LogP contribution < -0.4 is 0 Å². The number of carbonyl (C=O) groups excluding carboxylic acids is 1. The van der Waals surface area contributed by atoms with Gasteiger partial charge >= 0.3 is 0 Å². The summed E-state index contributed by atoms with van der Waals surface area (Å²) in [5.74, 6) is -2.28. The highest BCUT2D eigenvalue weighted by Gasteiger charge is 2.23. The van der Waals surface area contributed by atoms with Crippen LogP contribution in [0.1, 0.15) is 30.1 Å². The Morgan fingerprint density at radius 3 is 2.32 bits per heavy atom. The fourth-order valence-corrected chi connectivity index (χ4v) is 2.50. The van der Waals surface area contributed by atoms with E-state index >= 15 is 0 Å². The van der Waals surface area contributed by atoms with Crippen LogP contribution in [0, 0.1) is 11.6 Å². The molecular weight excluding hydrogens is 384 g/mol. The number of rotatable bonds is 6. The highest BCUT2D eigenvalue weighted by atomic mass is 79.9. The second kappa shape index (κ2) is 7.94. The Bertz CT molecular complexity index is 431. The Morgan fingerprint density at radius 2 is 1.84 bits per heavy atom. The molecule has 1 aromatic rings. The van der Waals surface area contributed by atoms with Gasteiger partial charge in [0, 0.05) is 22.9 Å². The first-order chi connectivity index (χ1) is 9.01. The van der Waals surface area contributed by atoms with E-state index in [1.807, 2.05) is 6.92 Å². The molecule has 0 aliphatic rings. The van der Waals surface area contributed by atoms with Crippen LogP contribution in [0.2, 0.25) is 0 Å². The van der Waals surface area contributed by atoms with Crippen molar-refractivity contribution in [3.8, 4) is 0 Å². The van der Waals surface area contributed by atoms with Gasteiger partial charge in [0.1, 0.15) is 17.2 Å². The molecule has 0 aromatic heterocycles. The zero-order chi connectivity index (χ0) is 14.4. The predicted octanol–water partition coefficient (Wildman–Crippen LogP) is 4.36. The second-order valence-electron chi connectivity index (χ2n) is 4.08. The van der Waals surface area contributed by atoms with E-state index < -0.39 is 23.1 Å². The highest BCUT2D eigenvalue weighted by Crippen LogP contribution is 2.21. The minimum absolute atomic E-state index is 0.277. The zero-order valence-corrected chi connectivity index (χ0v) is 13.7. The molecule has 0 radical (unpaired) electrons. The minimum Gasteiger partial charge on any atom is -0.338 e. The molecule has 0 heterocycles. The molecule has 106 valence electrons. The molecule has 0 bridgehead atoms. The normalized spacial score (nSPS) is 10.6. The van der Waals surface area contributed by atoms with Gasteiger partial charge in [-0.25, -0.2) is 8.78 Å². The van der Waals surface area contributed by atoms with Crippen molar-refractivity contribution in [3.05, 3.63) is 33.8 Å². The number of unbranched alkanes of at least 4 members (excludes halogenated alkanes) is 1. The number of benzene rings is 1. The summed E-state index contributed by atoms with van der Waals surface area (Å²) in [6.07, 6.45) is 1.72. The van der Waals surface area contributed by atoms with Crippen molar-refractivity contribution in [2.24, 2.45) is 0 Å². The molecule has 0 aliphatic heterocycles. The average molecular weight is 399 g/mol. The maximum atomic E-state index is 13.8. The van der Waals surface area contributed by atoms with Gasteiger partial charge in [-0.05, 0) is 18.6 Å². The molecule has 0 N–H and O–H groups in total.